The molecule has 3 N–H and O–H groups in total. The van der Waals surface area contributed by atoms with Crippen LogP contribution in [0.15, 0.2) is 53.5 Å². The van der Waals surface area contributed by atoms with E-state index < -0.39 is 16.8 Å². The molecule has 4 heterocycles. The lowest BCUT2D eigenvalue weighted by molar-refractivity contribution is -0.125. The molecule has 2 atom stereocenters. The Labute approximate surface area is 259 Å². The van der Waals surface area contributed by atoms with E-state index in [1.165, 1.54) is 6.07 Å². The highest BCUT2D eigenvalue weighted by molar-refractivity contribution is 6.02. The molecule has 1 aromatic heterocycles. The summed E-state index contributed by atoms with van der Waals surface area (Å²) < 4.78 is 24.5. The molecule has 234 valence electrons. The Morgan fingerprint density at radius 3 is 2.51 bits per heavy atom. The highest BCUT2D eigenvalue weighted by Gasteiger charge is 2.35. The van der Waals surface area contributed by atoms with Crippen molar-refractivity contribution in [3.8, 4) is 17.2 Å². The van der Waals surface area contributed by atoms with Gasteiger partial charge in [0.25, 0.3) is 5.91 Å². The van der Waals surface area contributed by atoms with E-state index in [1.54, 1.807) is 29.5 Å². The van der Waals surface area contributed by atoms with Gasteiger partial charge in [0.15, 0.2) is 17.3 Å². The minimum atomic E-state index is -1.14. The Kier molecular flexibility index (Phi) is 7.05. The van der Waals surface area contributed by atoms with Crippen molar-refractivity contribution in [2.45, 2.75) is 50.8 Å². The lowest BCUT2D eigenvalue weighted by Gasteiger charge is -2.30. The first kappa shape index (κ1) is 29.2. The third-order valence-corrected chi connectivity index (χ3v) is 9.05. The van der Waals surface area contributed by atoms with Crippen molar-refractivity contribution in [1.82, 2.24) is 20.1 Å². The highest BCUT2D eigenvalue weighted by Crippen LogP contribution is 2.48. The van der Waals surface area contributed by atoms with E-state index in [-0.39, 0.29) is 52.7 Å². The molecule has 10 nitrogen and oxygen atoms in total. The van der Waals surface area contributed by atoms with E-state index in [1.807, 2.05) is 48.3 Å². The zero-order valence-corrected chi connectivity index (χ0v) is 25.5. The number of carbonyl (C=O) groups excluding carboxylic acids is 2. The molecule has 0 radical (unpaired) electrons. The van der Waals surface area contributed by atoms with E-state index in [9.17, 15) is 19.5 Å². The van der Waals surface area contributed by atoms with Crippen molar-refractivity contribution in [2.24, 2.45) is 0 Å². The summed E-state index contributed by atoms with van der Waals surface area (Å²) in [5.74, 6) is -0.634. The number of likely N-dealkylation sites (tertiary alicyclic amines) is 1. The number of ether oxygens (including phenoxy) is 1. The molecule has 7 rings (SSSR count). The van der Waals surface area contributed by atoms with Gasteiger partial charge >= 0.3 is 0 Å². The molecular weight excluding hydrogens is 577 g/mol. The summed E-state index contributed by atoms with van der Waals surface area (Å²) in [6, 6.07) is 12.7. The van der Waals surface area contributed by atoms with Gasteiger partial charge in [-0.2, -0.15) is 0 Å². The zero-order chi connectivity index (χ0) is 31.6. The van der Waals surface area contributed by atoms with Gasteiger partial charge in [-0.25, -0.2) is 4.39 Å². The first-order chi connectivity index (χ1) is 21.5. The summed E-state index contributed by atoms with van der Waals surface area (Å²) in [5.41, 5.74) is -0.476. The van der Waals surface area contributed by atoms with Crippen LogP contribution in [0.5, 0.6) is 11.5 Å². The average molecular weight is 614 g/mol. The van der Waals surface area contributed by atoms with Crippen LogP contribution in [0.25, 0.3) is 27.4 Å². The maximum absolute atomic E-state index is 16.2. The summed E-state index contributed by atoms with van der Waals surface area (Å²) in [6.07, 6.45) is 2.88. The fourth-order valence-electron chi connectivity index (χ4n) is 6.84. The first-order valence-electron chi connectivity index (χ1n) is 15.4. The molecule has 2 amide bonds. The Balaban J connectivity index is 1.35. The highest BCUT2D eigenvalue weighted by atomic mass is 19.1. The van der Waals surface area contributed by atoms with Gasteiger partial charge in [-0.05, 0) is 62.7 Å². The number of nitrogens with one attached hydrogen (secondary N) is 2. The average Bonchev–Trinajstić information content (AvgIpc) is 3.66. The van der Waals surface area contributed by atoms with Gasteiger partial charge in [-0.1, -0.05) is 24.3 Å². The summed E-state index contributed by atoms with van der Waals surface area (Å²) in [6.45, 7) is 4.92. The molecule has 2 unspecified atom stereocenters. The zero-order valence-electron chi connectivity index (χ0n) is 25.5. The van der Waals surface area contributed by atoms with Crippen molar-refractivity contribution in [1.29, 1.82) is 0 Å². The van der Waals surface area contributed by atoms with E-state index >= 15 is 4.39 Å². The minimum absolute atomic E-state index is 0.0193. The fraction of sp³-hybridized carbons (Fsp3) is 0.382. The van der Waals surface area contributed by atoms with E-state index in [2.05, 4.69) is 10.6 Å². The van der Waals surface area contributed by atoms with Crippen molar-refractivity contribution in [3.05, 3.63) is 70.3 Å². The van der Waals surface area contributed by atoms with Gasteiger partial charge in [0.1, 0.15) is 16.8 Å². The molecule has 11 heteroatoms. The number of anilines is 1. The molecule has 3 aliphatic rings. The fourth-order valence-corrected chi connectivity index (χ4v) is 6.84. The maximum Gasteiger partial charge on any atom is 0.259 e. The van der Waals surface area contributed by atoms with Gasteiger partial charge in [-0.15, -0.1) is 0 Å². The normalized spacial score (nSPS) is 19.2. The second kappa shape index (κ2) is 10.8. The number of aliphatic hydroxyl groups is 1. The molecule has 2 fully saturated rings. The maximum atomic E-state index is 16.2. The van der Waals surface area contributed by atoms with Crippen molar-refractivity contribution in [3.63, 3.8) is 0 Å². The smallest absolute Gasteiger partial charge is 0.259 e. The Morgan fingerprint density at radius 2 is 1.80 bits per heavy atom. The lowest BCUT2D eigenvalue weighted by Crippen LogP contribution is -2.40. The monoisotopic (exact) mass is 613 g/mol. The molecule has 0 saturated carbocycles. The molecule has 45 heavy (non-hydrogen) atoms. The summed E-state index contributed by atoms with van der Waals surface area (Å²) in [4.78, 5) is 43.7. The van der Waals surface area contributed by atoms with Crippen LogP contribution in [0, 0.1) is 5.82 Å². The summed E-state index contributed by atoms with van der Waals surface area (Å²) >= 11 is 0. The van der Waals surface area contributed by atoms with E-state index in [0.29, 0.717) is 49.6 Å². The third kappa shape index (κ3) is 5.19. The number of aromatic nitrogens is 1. The molecule has 3 aliphatic heterocycles. The Bertz CT molecular complexity index is 1930. The predicted molar refractivity (Wildman–Crippen MR) is 170 cm³/mol. The molecule has 0 spiro atoms. The molecule has 0 aliphatic carbocycles. The van der Waals surface area contributed by atoms with Gasteiger partial charge in [0.05, 0.1) is 23.1 Å². The molecular formula is C34H36FN5O5. The van der Waals surface area contributed by atoms with E-state index in [0.717, 1.165) is 17.2 Å². The SMILES string of the molecule is CNC1CCN(C(=O)c2cn3c4c(c(N5CCC(NC(=O)CC(C)(C)O)C5)c(F)cc4c2=O)Oc2cc4ccccc4cc2-3)C1. The number of pyridine rings is 1. The van der Waals surface area contributed by atoms with Crippen LogP contribution in [0.3, 0.4) is 0 Å². The number of halogens is 1. The number of carbonyl (C=O) groups is 2. The van der Waals surface area contributed by atoms with Crippen molar-refractivity contribution >= 4 is 39.2 Å². The van der Waals surface area contributed by atoms with Crippen LogP contribution in [0.4, 0.5) is 10.1 Å². The molecule has 2 saturated heterocycles. The standard InChI is InChI=1S/C34H36FN5O5/c1-34(2,44)15-28(41)37-22-9-10-38(17-22)30-25(35)14-23-29-32(30)45-27-13-20-7-5-4-6-19(20)12-26(27)40(29)18-24(31(23)42)33(43)39-11-8-21(16-39)36-3/h4-7,12-14,18,21-22,36,44H,8-11,15-17H2,1-3H3,(H,37,41). The topological polar surface area (TPSA) is 116 Å². The number of hydrogen-bond donors (Lipinski definition) is 3. The van der Waals surface area contributed by atoms with Crippen molar-refractivity contribution in [2.75, 3.05) is 38.1 Å². The van der Waals surface area contributed by atoms with Crippen LogP contribution in [0.1, 0.15) is 43.5 Å². The largest absolute Gasteiger partial charge is 0.451 e. The van der Waals surface area contributed by atoms with E-state index in [4.69, 9.17) is 4.74 Å². The van der Waals surface area contributed by atoms with Crippen LogP contribution in [-0.4, -0.2) is 77.3 Å². The number of benzene rings is 3. The Morgan fingerprint density at radius 1 is 1.07 bits per heavy atom. The van der Waals surface area contributed by atoms with Gasteiger partial charge in [0, 0.05) is 44.5 Å². The lowest BCUT2D eigenvalue weighted by atomic mass is 10.0. The number of rotatable bonds is 6. The summed E-state index contributed by atoms with van der Waals surface area (Å²) in [7, 11) is 1.85. The van der Waals surface area contributed by atoms with Crippen LogP contribution in [-0.2, 0) is 4.79 Å². The quantitative estimate of drug-likeness (QED) is 0.268. The number of fused-ring (bicyclic) bond motifs is 3. The molecule has 3 aromatic carbocycles. The summed E-state index contributed by atoms with van der Waals surface area (Å²) in [5, 5.41) is 18.1. The van der Waals surface area contributed by atoms with Crippen LogP contribution >= 0.6 is 0 Å². The van der Waals surface area contributed by atoms with Gasteiger partial charge in [-0.3, -0.25) is 14.4 Å². The second-order valence-corrected chi connectivity index (χ2v) is 13.0. The first-order valence-corrected chi connectivity index (χ1v) is 15.4. The van der Waals surface area contributed by atoms with Gasteiger partial charge < -0.3 is 34.8 Å². The predicted octanol–water partition coefficient (Wildman–Crippen LogP) is 3.68. The van der Waals surface area contributed by atoms with Crippen LogP contribution in [0.2, 0.25) is 0 Å². The van der Waals surface area contributed by atoms with Crippen molar-refractivity contribution < 1.29 is 23.8 Å². The number of nitrogens with zero attached hydrogens (tertiary/aromatic N) is 3. The number of hydrogen-bond acceptors (Lipinski definition) is 7. The second-order valence-electron chi connectivity index (χ2n) is 13.0. The van der Waals surface area contributed by atoms with Gasteiger partial charge in [0.2, 0.25) is 11.3 Å². The Hall–Kier alpha value is -4.48. The molecule has 0 bridgehead atoms. The molecule has 4 aromatic rings. The van der Waals surface area contributed by atoms with Crippen LogP contribution < -0.4 is 25.7 Å². The number of likely N-dealkylation sites (N-methyl/N-ethyl adjacent to an activating group) is 1. The minimum Gasteiger partial charge on any atom is -0.451 e. The number of amides is 2. The third-order valence-electron chi connectivity index (χ3n) is 9.05.